The fraction of sp³-hybridized carbons (Fsp3) is 0.600. The molecule has 0 bridgehead atoms. The van der Waals surface area contributed by atoms with Crippen molar-refractivity contribution in [3.8, 4) is 5.75 Å². The summed E-state index contributed by atoms with van der Waals surface area (Å²) in [7, 11) is 0. The van der Waals surface area contributed by atoms with Crippen LogP contribution in [0.1, 0.15) is 119 Å². The van der Waals surface area contributed by atoms with Gasteiger partial charge in [-0.2, -0.15) is 0 Å². The van der Waals surface area contributed by atoms with Crippen molar-refractivity contribution in [2.75, 3.05) is 13.2 Å². The van der Waals surface area contributed by atoms with E-state index in [1.54, 1.807) is 11.8 Å². The fourth-order valence-corrected chi connectivity index (χ4v) is 6.97. The zero-order valence-corrected chi connectivity index (χ0v) is 29.8. The first-order valence-corrected chi connectivity index (χ1v) is 16.2. The van der Waals surface area contributed by atoms with E-state index < -0.39 is 25.2 Å². The number of hydrogen-bond donors (Lipinski definition) is 1. The minimum atomic E-state index is -1.13. The van der Waals surface area contributed by atoms with Crippen molar-refractivity contribution in [3.63, 3.8) is 0 Å². The van der Waals surface area contributed by atoms with Gasteiger partial charge >= 0.3 is 11.9 Å². The number of carbonyl (C=O) groups is 2. The molecule has 0 atom stereocenters. The molecule has 0 radical (unpaired) electrons. The number of carboxylic acids is 1. The van der Waals surface area contributed by atoms with Gasteiger partial charge in [-0.3, -0.25) is 0 Å². The number of thioether (sulfide) groups is 2. The molecule has 0 amide bonds. The summed E-state index contributed by atoms with van der Waals surface area (Å²) in [4.78, 5) is 25.9. The Morgan fingerprint density at radius 1 is 0.619 bits per heavy atom. The molecule has 0 aliphatic rings. The Hall–Kier alpha value is -1.96. The summed E-state index contributed by atoms with van der Waals surface area (Å²) in [5.41, 5.74) is 3.99. The van der Waals surface area contributed by atoms with Crippen LogP contribution >= 0.6 is 23.5 Å². The molecule has 0 spiro atoms. The summed E-state index contributed by atoms with van der Waals surface area (Å²) in [6.07, 6.45) is 0. The summed E-state index contributed by atoms with van der Waals surface area (Å²) >= 11 is 3.67. The van der Waals surface area contributed by atoms with E-state index >= 15 is 0 Å². The van der Waals surface area contributed by atoms with Crippen LogP contribution in [0.5, 0.6) is 5.75 Å². The van der Waals surface area contributed by atoms with Crippen molar-refractivity contribution >= 4 is 35.5 Å². The minimum absolute atomic E-state index is 0.0446. The highest BCUT2D eigenvalue weighted by Crippen LogP contribution is 2.50. The van der Waals surface area contributed by atoms with E-state index in [0.717, 1.165) is 16.0 Å². The number of aliphatic carboxylic acids is 1. The van der Waals surface area contributed by atoms with Gasteiger partial charge in [-0.15, -0.1) is 23.5 Å². The monoisotopic (exact) mass is 616 g/mol. The molecule has 2 rings (SSSR count). The van der Waals surface area contributed by atoms with Crippen LogP contribution in [0.3, 0.4) is 0 Å². The molecular weight excluding hydrogens is 565 g/mol. The number of carboxylic acid groups (broad SMARTS) is 1. The molecular formula is C35H52O5S2. The first-order chi connectivity index (χ1) is 18.8. The van der Waals surface area contributed by atoms with Crippen LogP contribution in [-0.4, -0.2) is 34.3 Å². The Morgan fingerprint density at radius 2 is 1.02 bits per heavy atom. The number of benzene rings is 2. The second kappa shape index (κ2) is 13.0. The van der Waals surface area contributed by atoms with Gasteiger partial charge in [-0.25, -0.2) is 9.59 Å². The van der Waals surface area contributed by atoms with Crippen molar-refractivity contribution < 1.29 is 24.2 Å². The predicted molar refractivity (Wildman–Crippen MR) is 178 cm³/mol. The number of rotatable bonds is 9. The molecule has 234 valence electrons. The standard InChI is InChI=1S/C35H52O5S2/c1-31(2,3)22-15-23(32(4,5)6)17-24(16-22)41-35(13,14)42-25-18-26(33(7,8)9)30(27(19-25)34(10,11)12)40-29(38)21-39-20-28(36)37/h15-19H,20-21H2,1-14H3,(H,36,37). The van der Waals surface area contributed by atoms with Crippen molar-refractivity contribution in [2.45, 2.75) is 132 Å². The Labute approximate surface area is 262 Å². The van der Waals surface area contributed by atoms with Gasteiger partial charge in [-0.05, 0) is 70.9 Å². The molecule has 42 heavy (non-hydrogen) atoms. The molecule has 0 saturated carbocycles. The van der Waals surface area contributed by atoms with E-state index in [1.165, 1.54) is 16.0 Å². The third kappa shape index (κ3) is 10.6. The maximum atomic E-state index is 12.7. The topological polar surface area (TPSA) is 72.8 Å². The summed E-state index contributed by atoms with van der Waals surface area (Å²) in [5.74, 6) is -1.21. The smallest absolute Gasteiger partial charge is 0.337 e. The maximum absolute atomic E-state index is 12.7. The van der Waals surface area contributed by atoms with E-state index in [9.17, 15) is 9.59 Å². The van der Waals surface area contributed by atoms with Gasteiger partial charge in [0.1, 0.15) is 19.0 Å². The Kier molecular flexibility index (Phi) is 11.2. The number of ether oxygens (including phenoxy) is 2. The van der Waals surface area contributed by atoms with Gasteiger partial charge in [0.2, 0.25) is 0 Å². The zero-order chi connectivity index (χ0) is 32.5. The van der Waals surface area contributed by atoms with Crippen LogP contribution in [0, 0.1) is 0 Å². The minimum Gasteiger partial charge on any atom is -0.480 e. The van der Waals surface area contributed by atoms with Gasteiger partial charge in [-0.1, -0.05) is 89.2 Å². The molecule has 7 heteroatoms. The van der Waals surface area contributed by atoms with E-state index in [2.05, 4.69) is 127 Å². The Bertz CT molecular complexity index is 1220. The van der Waals surface area contributed by atoms with Crippen LogP contribution in [0.15, 0.2) is 40.1 Å². The molecule has 2 aromatic carbocycles. The molecule has 1 N–H and O–H groups in total. The van der Waals surface area contributed by atoms with E-state index in [4.69, 9.17) is 14.6 Å². The first-order valence-electron chi connectivity index (χ1n) is 14.5. The normalized spacial score (nSPS) is 13.3. The highest BCUT2D eigenvalue weighted by atomic mass is 32.2. The summed E-state index contributed by atoms with van der Waals surface area (Å²) in [5, 5.41) is 8.85. The fourth-order valence-electron chi connectivity index (χ4n) is 4.36. The molecule has 0 unspecified atom stereocenters. The largest absolute Gasteiger partial charge is 0.480 e. The highest BCUT2D eigenvalue weighted by molar-refractivity contribution is 8.18. The molecule has 0 aliphatic carbocycles. The lowest BCUT2D eigenvalue weighted by Crippen LogP contribution is -2.25. The molecule has 0 heterocycles. The molecule has 5 nitrogen and oxygen atoms in total. The number of carbonyl (C=O) groups excluding carboxylic acids is 1. The average molecular weight is 617 g/mol. The predicted octanol–water partition coefficient (Wildman–Crippen LogP) is 9.50. The van der Waals surface area contributed by atoms with Crippen LogP contribution in [0.2, 0.25) is 0 Å². The van der Waals surface area contributed by atoms with Crippen LogP contribution < -0.4 is 4.74 Å². The summed E-state index contributed by atoms with van der Waals surface area (Å²) in [6, 6.07) is 11.3. The van der Waals surface area contributed by atoms with Crippen molar-refractivity contribution in [1.29, 1.82) is 0 Å². The number of hydrogen-bond acceptors (Lipinski definition) is 6. The zero-order valence-electron chi connectivity index (χ0n) is 28.2. The molecule has 0 saturated heterocycles. The Balaban J connectivity index is 2.54. The average Bonchev–Trinajstić information content (AvgIpc) is 2.76. The molecule has 0 fully saturated rings. The Morgan fingerprint density at radius 3 is 1.38 bits per heavy atom. The van der Waals surface area contributed by atoms with Gasteiger partial charge in [0, 0.05) is 20.9 Å². The third-order valence-corrected chi connectivity index (χ3v) is 9.13. The molecule has 0 aliphatic heterocycles. The van der Waals surface area contributed by atoms with E-state index in [1.807, 2.05) is 11.8 Å². The second-order valence-electron chi connectivity index (χ2n) is 15.6. The highest BCUT2D eigenvalue weighted by Gasteiger charge is 2.32. The van der Waals surface area contributed by atoms with Crippen molar-refractivity contribution in [2.24, 2.45) is 0 Å². The van der Waals surface area contributed by atoms with E-state index in [-0.39, 0.29) is 25.7 Å². The van der Waals surface area contributed by atoms with Gasteiger partial charge in [0.05, 0.1) is 4.08 Å². The third-order valence-electron chi connectivity index (χ3n) is 6.71. The summed E-state index contributed by atoms with van der Waals surface area (Å²) < 4.78 is 10.7. The van der Waals surface area contributed by atoms with Crippen LogP contribution in [0.4, 0.5) is 0 Å². The number of esters is 1. The maximum Gasteiger partial charge on any atom is 0.337 e. The van der Waals surface area contributed by atoms with Gasteiger partial charge in [0.15, 0.2) is 0 Å². The molecule has 2 aromatic rings. The van der Waals surface area contributed by atoms with Crippen LogP contribution in [-0.2, 0) is 36.0 Å². The SMILES string of the molecule is CC(C)(Sc1cc(C(C)(C)C)cc(C(C)(C)C)c1)Sc1cc(C(C)(C)C)c(OC(=O)COCC(=O)O)c(C(C)(C)C)c1. The lowest BCUT2D eigenvalue weighted by Gasteiger charge is -2.32. The second-order valence-corrected chi connectivity index (χ2v) is 19.2. The van der Waals surface area contributed by atoms with Crippen molar-refractivity contribution in [3.05, 3.63) is 52.6 Å². The van der Waals surface area contributed by atoms with Crippen LogP contribution in [0.25, 0.3) is 0 Å². The quantitative estimate of drug-likeness (QED) is 0.130. The lowest BCUT2D eigenvalue weighted by molar-refractivity contribution is -0.147. The van der Waals surface area contributed by atoms with Crippen molar-refractivity contribution in [1.82, 2.24) is 0 Å². The summed E-state index contributed by atoms with van der Waals surface area (Å²) in [6.45, 7) is 29.7. The van der Waals surface area contributed by atoms with Gasteiger partial charge in [0.25, 0.3) is 0 Å². The van der Waals surface area contributed by atoms with E-state index in [0.29, 0.717) is 5.75 Å². The molecule has 0 aromatic heterocycles. The lowest BCUT2D eigenvalue weighted by atomic mass is 9.79. The van der Waals surface area contributed by atoms with Gasteiger partial charge < -0.3 is 14.6 Å². The first kappa shape index (κ1) is 36.2.